The minimum Gasteiger partial charge on any atom is -0.368 e. The number of rotatable bonds is 28. The topological polar surface area (TPSA) is 287 Å². The molecule has 0 bridgehead atoms. The molecule has 1 aliphatic carbocycles. The van der Waals surface area contributed by atoms with Gasteiger partial charge in [-0.2, -0.15) is 0 Å². The van der Waals surface area contributed by atoms with Crippen LogP contribution in [-0.4, -0.2) is 98.8 Å². The number of ether oxygens (including phenoxy) is 10. The molecule has 0 aromatic heterocycles. The van der Waals surface area contributed by atoms with Crippen molar-refractivity contribution in [3.05, 3.63) is 257 Å². The molecule has 9 rings (SSSR count). The molecular formula is C60H64N12O10. The Balaban J connectivity index is 1.07. The van der Waals surface area contributed by atoms with E-state index in [2.05, 4.69) is 40.1 Å². The molecule has 3 aliphatic rings. The molecule has 424 valence electrons. The van der Waals surface area contributed by atoms with Crippen LogP contribution in [0.25, 0.3) is 41.8 Å². The van der Waals surface area contributed by atoms with Crippen molar-refractivity contribution >= 4 is 0 Å². The number of hydrogen-bond donors (Lipinski definition) is 0. The average Bonchev–Trinajstić information content (AvgIpc) is 3.67. The van der Waals surface area contributed by atoms with E-state index in [4.69, 9.17) is 47.4 Å². The second-order valence-electron chi connectivity index (χ2n) is 19.8. The van der Waals surface area contributed by atoms with Crippen molar-refractivity contribution in [1.82, 2.24) is 0 Å². The second kappa shape index (κ2) is 31.4. The molecule has 22 nitrogen and oxygen atoms in total. The highest BCUT2D eigenvalue weighted by atomic mass is 16.7. The Hall–Kier alpha value is -7.84. The molecular weight excluding hydrogens is 1050 g/mol. The number of hydrogen-bond acceptors (Lipinski definition) is 14. The Morgan fingerprint density at radius 1 is 0.341 bits per heavy atom. The van der Waals surface area contributed by atoms with Gasteiger partial charge in [-0.3, -0.25) is 0 Å². The summed E-state index contributed by atoms with van der Waals surface area (Å²) in [7, 11) is 0. The van der Waals surface area contributed by atoms with Gasteiger partial charge in [0.1, 0.15) is 36.6 Å². The van der Waals surface area contributed by atoms with Gasteiger partial charge in [-0.05, 0) is 61.9 Å². The van der Waals surface area contributed by atoms with Crippen molar-refractivity contribution in [3.63, 3.8) is 0 Å². The van der Waals surface area contributed by atoms with E-state index >= 15 is 0 Å². The molecule has 82 heavy (non-hydrogen) atoms. The zero-order valence-corrected chi connectivity index (χ0v) is 44.9. The van der Waals surface area contributed by atoms with Crippen molar-refractivity contribution in [3.8, 4) is 0 Å². The maximum Gasteiger partial charge on any atom is 0.187 e. The van der Waals surface area contributed by atoms with E-state index in [0.29, 0.717) is 0 Å². The van der Waals surface area contributed by atoms with Gasteiger partial charge >= 0.3 is 0 Å². The van der Waals surface area contributed by atoms with E-state index < -0.39 is 85.7 Å². The molecule has 2 saturated heterocycles. The summed E-state index contributed by atoms with van der Waals surface area (Å²) in [6.45, 7) is 0.453. The lowest BCUT2D eigenvalue weighted by Crippen LogP contribution is -2.63. The standard InChI is InChI=1S/C60H64N12O10/c61-69-65-33-51-53(73-35-41-19-7-1-8-20-41)55(75-37-43-23-11-3-12-24-43)57(77-39-45-27-15-5-16-28-45)59(81-51)79-49-32-50(48(68-72-64)31-47(49)67-71-63)80-60-58(78-40-46-29-17-6-18-30-46)56(76-38-44-25-13-4-14-26-44)54(52(82-60)34-66-70-62)74-36-42-21-9-2-10-22-42/h1-30,47-60H,31-40H2/t47-,48-,49-,50-,51+,52+,53+,54+,55-,56-,57+,58+,59-,60-/m0/s1. The molecule has 2 heterocycles. The molecule has 0 amide bonds. The number of azide groups is 4. The lowest BCUT2D eigenvalue weighted by atomic mass is 9.86. The van der Waals surface area contributed by atoms with Gasteiger partial charge in [-0.1, -0.05) is 202 Å². The third kappa shape index (κ3) is 16.6. The van der Waals surface area contributed by atoms with Crippen molar-refractivity contribution in [2.45, 2.75) is 138 Å². The lowest BCUT2D eigenvalue weighted by molar-refractivity contribution is -0.343. The summed E-state index contributed by atoms with van der Waals surface area (Å²) in [6, 6.07) is 55.8. The van der Waals surface area contributed by atoms with E-state index in [-0.39, 0.29) is 65.6 Å². The van der Waals surface area contributed by atoms with Crippen molar-refractivity contribution < 1.29 is 47.4 Å². The van der Waals surface area contributed by atoms with Crippen LogP contribution in [0.4, 0.5) is 0 Å². The van der Waals surface area contributed by atoms with Gasteiger partial charge in [0.15, 0.2) is 12.6 Å². The van der Waals surface area contributed by atoms with Crippen LogP contribution in [0.5, 0.6) is 0 Å². The summed E-state index contributed by atoms with van der Waals surface area (Å²) < 4.78 is 68.8. The maximum absolute atomic E-state index is 10.1. The normalized spacial score (nSPS) is 26.9. The van der Waals surface area contributed by atoms with E-state index in [1.165, 1.54) is 0 Å². The Morgan fingerprint density at radius 2 is 0.610 bits per heavy atom. The molecule has 22 heteroatoms. The minimum atomic E-state index is -1.28. The first kappa shape index (κ1) is 58.8. The van der Waals surface area contributed by atoms with Crippen LogP contribution in [0.1, 0.15) is 46.2 Å². The van der Waals surface area contributed by atoms with Gasteiger partial charge < -0.3 is 47.4 Å². The first-order valence-electron chi connectivity index (χ1n) is 27.1. The van der Waals surface area contributed by atoms with E-state index in [1.54, 1.807) is 0 Å². The van der Waals surface area contributed by atoms with Gasteiger partial charge in [0.05, 0.1) is 89.2 Å². The highest BCUT2D eigenvalue weighted by Gasteiger charge is 2.53. The summed E-state index contributed by atoms with van der Waals surface area (Å²) in [6.07, 6.45) is -12.2. The van der Waals surface area contributed by atoms with Crippen molar-refractivity contribution in [2.75, 3.05) is 13.1 Å². The predicted molar refractivity (Wildman–Crippen MR) is 300 cm³/mol. The molecule has 14 atom stereocenters. The monoisotopic (exact) mass is 1110 g/mol. The third-order valence-electron chi connectivity index (χ3n) is 14.4. The quantitative estimate of drug-likeness (QED) is 0.0254. The maximum atomic E-state index is 10.1. The molecule has 0 N–H and O–H groups in total. The zero-order valence-electron chi connectivity index (χ0n) is 44.9. The Kier molecular flexibility index (Phi) is 22.5. The molecule has 0 spiro atoms. The summed E-state index contributed by atoms with van der Waals surface area (Å²) >= 11 is 0. The van der Waals surface area contributed by atoms with Crippen molar-refractivity contribution in [1.29, 1.82) is 0 Å². The highest BCUT2D eigenvalue weighted by Crippen LogP contribution is 2.39. The summed E-state index contributed by atoms with van der Waals surface area (Å²) in [5.41, 5.74) is 44.9. The van der Waals surface area contributed by atoms with Crippen molar-refractivity contribution in [2.24, 2.45) is 20.5 Å². The Labute approximate surface area is 474 Å². The molecule has 0 unspecified atom stereocenters. The highest BCUT2D eigenvalue weighted by molar-refractivity contribution is 5.19. The van der Waals surface area contributed by atoms with E-state index in [9.17, 15) is 22.1 Å². The fraction of sp³-hybridized carbons (Fsp3) is 0.400. The van der Waals surface area contributed by atoms with Gasteiger partial charge in [0.2, 0.25) is 0 Å². The fourth-order valence-electron chi connectivity index (χ4n) is 10.3. The SMILES string of the molecule is [N-]=[N+]=NC[C@H]1O[C@H](O[C@H]2C[C@H](O[C@H]3O[C@H](CN=[N+]=[N-])[C@@H](OCc4ccccc4)[C@H](OCc4ccccc4)[C@H]3OCc3ccccc3)[C@@H](N=[N+]=[N-])C[C@@H]2N=[N+]=[N-])[C@H](OCc2ccccc2)[C@@H](OCc2ccccc2)[C@@H]1OCc1ccccc1. The average molecular weight is 1110 g/mol. The van der Waals surface area contributed by atoms with Gasteiger partial charge in [-0.25, -0.2) is 0 Å². The summed E-state index contributed by atoms with van der Waals surface area (Å²) in [5.74, 6) is 0. The second-order valence-corrected chi connectivity index (χ2v) is 19.8. The van der Waals surface area contributed by atoms with Crippen LogP contribution in [0.15, 0.2) is 202 Å². The molecule has 6 aromatic carbocycles. The Bertz CT molecular complexity index is 2850. The van der Waals surface area contributed by atoms with Crippen LogP contribution in [0, 0.1) is 0 Å². The predicted octanol–water partition coefficient (Wildman–Crippen LogP) is 12.5. The van der Waals surface area contributed by atoms with Gasteiger partial charge in [0.25, 0.3) is 0 Å². The zero-order chi connectivity index (χ0) is 56.6. The van der Waals surface area contributed by atoms with Gasteiger partial charge in [-0.15, -0.1) is 0 Å². The molecule has 6 aromatic rings. The van der Waals surface area contributed by atoms with Crippen LogP contribution >= 0.6 is 0 Å². The largest absolute Gasteiger partial charge is 0.368 e. The van der Waals surface area contributed by atoms with Crippen LogP contribution < -0.4 is 0 Å². The van der Waals surface area contributed by atoms with Gasteiger partial charge in [0, 0.05) is 26.1 Å². The third-order valence-corrected chi connectivity index (χ3v) is 14.4. The first-order chi connectivity index (χ1) is 40.5. The molecule has 0 radical (unpaired) electrons. The first-order valence-corrected chi connectivity index (χ1v) is 27.1. The smallest absolute Gasteiger partial charge is 0.187 e. The summed E-state index contributed by atoms with van der Waals surface area (Å²) in [5, 5.41) is 16.3. The van der Waals surface area contributed by atoms with E-state index in [1.807, 2.05) is 182 Å². The van der Waals surface area contributed by atoms with Crippen LogP contribution in [-0.2, 0) is 87.0 Å². The number of nitrogens with zero attached hydrogens (tertiary/aromatic N) is 12. The number of benzene rings is 6. The molecule has 3 fully saturated rings. The van der Waals surface area contributed by atoms with Crippen LogP contribution in [0.2, 0.25) is 0 Å². The van der Waals surface area contributed by atoms with Crippen LogP contribution in [0.3, 0.4) is 0 Å². The minimum absolute atomic E-state index is 0.0359. The summed E-state index contributed by atoms with van der Waals surface area (Å²) in [4.78, 5) is 12.6. The van der Waals surface area contributed by atoms with E-state index in [0.717, 1.165) is 33.4 Å². The fourth-order valence-corrected chi connectivity index (χ4v) is 10.3. The lowest BCUT2D eigenvalue weighted by Gasteiger charge is -2.49. The Morgan fingerprint density at radius 3 is 0.878 bits per heavy atom. The molecule has 1 saturated carbocycles. The molecule has 2 aliphatic heterocycles.